The van der Waals surface area contributed by atoms with Crippen LogP contribution in [-0.2, 0) is 11.3 Å². The molecule has 7 heteroatoms. The highest BCUT2D eigenvalue weighted by Crippen LogP contribution is 2.39. The second kappa shape index (κ2) is 11.0. The predicted octanol–water partition coefficient (Wildman–Crippen LogP) is 2.83. The van der Waals surface area contributed by atoms with Crippen molar-refractivity contribution in [2.75, 3.05) is 52.1 Å². The van der Waals surface area contributed by atoms with Gasteiger partial charge in [-0.25, -0.2) is 0 Å². The van der Waals surface area contributed by atoms with E-state index >= 15 is 0 Å². The molecule has 2 amide bonds. The highest BCUT2D eigenvalue weighted by molar-refractivity contribution is 8.00. The molecule has 6 nitrogen and oxygen atoms in total. The van der Waals surface area contributed by atoms with Gasteiger partial charge >= 0.3 is 0 Å². The van der Waals surface area contributed by atoms with Crippen LogP contribution in [0.2, 0.25) is 0 Å². The Kier molecular flexibility index (Phi) is 7.84. The summed E-state index contributed by atoms with van der Waals surface area (Å²) in [6.07, 6.45) is 0.961. The van der Waals surface area contributed by atoms with Crippen LogP contribution in [0.3, 0.4) is 0 Å². The number of likely N-dealkylation sites (N-methyl/N-ethyl adjacent to an activating group) is 1. The topological polar surface area (TPSA) is 55.9 Å². The van der Waals surface area contributed by atoms with Crippen LogP contribution in [0.25, 0.3) is 0 Å². The van der Waals surface area contributed by atoms with Gasteiger partial charge in [0, 0.05) is 44.8 Å². The summed E-state index contributed by atoms with van der Waals surface area (Å²) >= 11 is 1.64. The number of carbonyl (C=O) groups is 2. The maximum Gasteiger partial charge on any atom is 0.251 e. The number of hydrogen-bond acceptors (Lipinski definition) is 5. The average molecular weight is 453 g/mol. The normalized spacial score (nSPS) is 20.0. The van der Waals surface area contributed by atoms with Gasteiger partial charge in [-0.05, 0) is 43.3 Å². The van der Waals surface area contributed by atoms with Crippen LogP contribution >= 0.6 is 11.8 Å². The third-order valence-corrected chi connectivity index (χ3v) is 7.41. The number of amides is 2. The SMILES string of the molecule is CN1CCN(CCCNC(=O)c2ccc([C@@H]3SCC(=O)N3Cc3ccccc3)cc2)CC1. The summed E-state index contributed by atoms with van der Waals surface area (Å²) in [6, 6.07) is 17.8. The first kappa shape index (κ1) is 22.8. The van der Waals surface area contributed by atoms with Crippen LogP contribution in [0.5, 0.6) is 0 Å². The molecule has 2 aromatic rings. The molecule has 1 atom stereocenters. The molecule has 1 N–H and O–H groups in total. The number of thioether (sulfide) groups is 1. The largest absolute Gasteiger partial charge is 0.352 e. The molecule has 170 valence electrons. The van der Waals surface area contributed by atoms with Crippen molar-refractivity contribution in [2.24, 2.45) is 0 Å². The fourth-order valence-corrected chi connectivity index (χ4v) is 5.35. The molecule has 32 heavy (non-hydrogen) atoms. The maximum absolute atomic E-state index is 12.5. The van der Waals surface area contributed by atoms with Crippen molar-refractivity contribution in [3.63, 3.8) is 0 Å². The van der Waals surface area contributed by atoms with Crippen molar-refractivity contribution >= 4 is 23.6 Å². The predicted molar refractivity (Wildman–Crippen MR) is 130 cm³/mol. The summed E-state index contributed by atoms with van der Waals surface area (Å²) in [6.45, 7) is 6.76. The molecule has 0 aliphatic carbocycles. The Balaban J connectivity index is 1.27. The number of piperazine rings is 1. The monoisotopic (exact) mass is 452 g/mol. The smallest absolute Gasteiger partial charge is 0.251 e. The third kappa shape index (κ3) is 5.91. The van der Waals surface area contributed by atoms with E-state index < -0.39 is 0 Å². The van der Waals surface area contributed by atoms with Gasteiger partial charge in [0.15, 0.2) is 0 Å². The van der Waals surface area contributed by atoms with Gasteiger partial charge in [-0.2, -0.15) is 0 Å². The Morgan fingerprint density at radius 3 is 2.47 bits per heavy atom. The van der Waals surface area contributed by atoms with Crippen LogP contribution in [0.1, 0.15) is 33.3 Å². The quantitative estimate of drug-likeness (QED) is 0.625. The van der Waals surface area contributed by atoms with Crippen molar-refractivity contribution in [1.29, 1.82) is 0 Å². The van der Waals surface area contributed by atoms with E-state index in [0.29, 0.717) is 24.4 Å². The van der Waals surface area contributed by atoms with Crippen LogP contribution in [0.15, 0.2) is 54.6 Å². The molecule has 2 aliphatic rings. The molecule has 0 saturated carbocycles. The Morgan fingerprint density at radius 2 is 1.75 bits per heavy atom. The minimum atomic E-state index is -0.0359. The second-order valence-electron chi connectivity index (χ2n) is 8.55. The number of benzene rings is 2. The van der Waals surface area contributed by atoms with Gasteiger partial charge in [0.05, 0.1) is 5.75 Å². The number of nitrogens with one attached hydrogen (secondary N) is 1. The lowest BCUT2D eigenvalue weighted by Gasteiger charge is -2.32. The summed E-state index contributed by atoms with van der Waals surface area (Å²) in [4.78, 5) is 31.7. The lowest BCUT2D eigenvalue weighted by atomic mass is 10.1. The van der Waals surface area contributed by atoms with E-state index in [2.05, 4.69) is 22.2 Å². The Morgan fingerprint density at radius 1 is 1.03 bits per heavy atom. The summed E-state index contributed by atoms with van der Waals surface area (Å²) in [7, 11) is 2.16. The van der Waals surface area contributed by atoms with E-state index in [9.17, 15) is 9.59 Å². The second-order valence-corrected chi connectivity index (χ2v) is 9.62. The molecule has 2 aliphatic heterocycles. The fourth-order valence-electron chi connectivity index (χ4n) is 4.16. The lowest BCUT2D eigenvalue weighted by molar-refractivity contribution is -0.128. The molecule has 0 bridgehead atoms. The van der Waals surface area contributed by atoms with Gasteiger partial charge in [-0.3, -0.25) is 9.59 Å². The standard InChI is InChI=1S/C25H32N4O2S/c1-27-14-16-28(17-15-27)13-5-12-26-24(31)21-8-10-22(11-9-21)25-29(23(30)19-32-25)18-20-6-3-2-4-7-20/h2-4,6-11,25H,5,12-19H2,1H3,(H,26,31)/t25-/m0/s1. The first-order valence-corrected chi connectivity index (χ1v) is 12.4. The molecule has 2 fully saturated rings. The van der Waals surface area contributed by atoms with E-state index in [1.807, 2.05) is 59.5 Å². The molecule has 2 aromatic carbocycles. The molecular weight excluding hydrogens is 420 g/mol. The molecule has 0 radical (unpaired) electrons. The summed E-state index contributed by atoms with van der Waals surface area (Å²) < 4.78 is 0. The number of carbonyl (C=O) groups excluding carboxylic acids is 2. The zero-order valence-electron chi connectivity index (χ0n) is 18.7. The number of nitrogens with zero attached hydrogens (tertiary/aromatic N) is 3. The zero-order valence-corrected chi connectivity index (χ0v) is 19.5. The first-order chi connectivity index (χ1) is 15.6. The Hall–Kier alpha value is -2.35. The molecule has 0 aromatic heterocycles. The zero-order chi connectivity index (χ0) is 22.3. The van der Waals surface area contributed by atoms with Gasteiger partial charge in [0.2, 0.25) is 5.91 Å². The number of hydrogen-bond donors (Lipinski definition) is 1. The highest BCUT2D eigenvalue weighted by atomic mass is 32.2. The van der Waals surface area contributed by atoms with Gasteiger partial charge in [-0.1, -0.05) is 42.5 Å². The average Bonchev–Trinajstić information content (AvgIpc) is 3.18. The molecular formula is C25H32N4O2S. The molecule has 0 spiro atoms. The Bertz CT molecular complexity index is 898. The van der Waals surface area contributed by atoms with Crippen molar-refractivity contribution < 1.29 is 9.59 Å². The van der Waals surface area contributed by atoms with E-state index in [1.165, 1.54) is 0 Å². The van der Waals surface area contributed by atoms with Crippen LogP contribution < -0.4 is 5.32 Å². The van der Waals surface area contributed by atoms with E-state index in [4.69, 9.17) is 0 Å². The minimum absolute atomic E-state index is 0.0107. The maximum atomic E-state index is 12.5. The van der Waals surface area contributed by atoms with Crippen LogP contribution in [-0.4, -0.2) is 78.6 Å². The van der Waals surface area contributed by atoms with Crippen molar-refractivity contribution in [1.82, 2.24) is 20.0 Å². The van der Waals surface area contributed by atoms with Crippen molar-refractivity contribution in [3.8, 4) is 0 Å². The molecule has 4 rings (SSSR count). The lowest BCUT2D eigenvalue weighted by Crippen LogP contribution is -2.45. The van der Waals surface area contributed by atoms with Gasteiger partial charge in [-0.15, -0.1) is 11.8 Å². The summed E-state index contributed by atoms with van der Waals surface area (Å²) in [5.74, 6) is 0.616. The fraction of sp³-hybridized carbons (Fsp3) is 0.440. The van der Waals surface area contributed by atoms with E-state index in [-0.39, 0.29) is 17.2 Å². The van der Waals surface area contributed by atoms with E-state index in [0.717, 1.165) is 50.3 Å². The van der Waals surface area contributed by atoms with Crippen LogP contribution in [0.4, 0.5) is 0 Å². The summed E-state index contributed by atoms with van der Waals surface area (Å²) in [5.41, 5.74) is 2.85. The third-order valence-electron chi connectivity index (χ3n) is 6.15. The molecule has 2 saturated heterocycles. The molecule has 2 heterocycles. The van der Waals surface area contributed by atoms with E-state index in [1.54, 1.807) is 11.8 Å². The van der Waals surface area contributed by atoms with Crippen molar-refractivity contribution in [2.45, 2.75) is 18.3 Å². The molecule has 0 unspecified atom stereocenters. The van der Waals surface area contributed by atoms with Gasteiger partial charge in [0.25, 0.3) is 5.91 Å². The number of rotatable bonds is 8. The van der Waals surface area contributed by atoms with Gasteiger partial charge < -0.3 is 20.0 Å². The van der Waals surface area contributed by atoms with Crippen molar-refractivity contribution in [3.05, 3.63) is 71.3 Å². The minimum Gasteiger partial charge on any atom is -0.352 e. The highest BCUT2D eigenvalue weighted by Gasteiger charge is 2.32. The Labute approximate surface area is 194 Å². The van der Waals surface area contributed by atoms with Crippen LogP contribution in [0, 0.1) is 0 Å². The summed E-state index contributed by atoms with van der Waals surface area (Å²) in [5, 5.41) is 3.03. The van der Waals surface area contributed by atoms with Gasteiger partial charge in [0.1, 0.15) is 5.37 Å². The first-order valence-electron chi connectivity index (χ1n) is 11.3.